The summed E-state index contributed by atoms with van der Waals surface area (Å²) < 4.78 is 5.39. The van der Waals surface area contributed by atoms with E-state index >= 15 is 0 Å². The first-order valence-corrected chi connectivity index (χ1v) is 6.69. The number of rotatable bonds is 5. The van der Waals surface area contributed by atoms with Crippen LogP contribution in [0.25, 0.3) is 0 Å². The van der Waals surface area contributed by atoms with Crippen molar-refractivity contribution in [1.82, 2.24) is 20.3 Å². The monoisotopic (exact) mass is 276 g/mol. The van der Waals surface area contributed by atoms with Gasteiger partial charge < -0.3 is 9.73 Å². The fraction of sp³-hybridized carbons (Fsp3) is 0.500. The Morgan fingerprint density at radius 2 is 2.00 bits per heavy atom. The lowest BCUT2D eigenvalue weighted by molar-refractivity contribution is 0.0916. The van der Waals surface area contributed by atoms with Gasteiger partial charge in [-0.1, -0.05) is 13.8 Å². The molecule has 1 N–H and O–H groups in total. The van der Waals surface area contributed by atoms with Gasteiger partial charge in [0, 0.05) is 0 Å². The third-order valence-corrected chi connectivity index (χ3v) is 3.23. The molecule has 0 saturated carbocycles. The Kier molecular flexibility index (Phi) is 4.22. The van der Waals surface area contributed by atoms with E-state index in [0.717, 1.165) is 5.76 Å². The first-order chi connectivity index (χ1) is 9.47. The van der Waals surface area contributed by atoms with Crippen molar-refractivity contribution < 1.29 is 9.21 Å². The van der Waals surface area contributed by atoms with Gasteiger partial charge in [0.1, 0.15) is 11.5 Å². The van der Waals surface area contributed by atoms with Crippen LogP contribution in [0.5, 0.6) is 0 Å². The van der Waals surface area contributed by atoms with E-state index in [1.165, 1.54) is 0 Å². The minimum absolute atomic E-state index is 0.0375. The van der Waals surface area contributed by atoms with Crippen LogP contribution in [0, 0.1) is 19.8 Å². The molecule has 2 aromatic rings. The highest BCUT2D eigenvalue weighted by Crippen LogP contribution is 2.14. The summed E-state index contributed by atoms with van der Waals surface area (Å²) in [6, 6.07) is 1.72. The molecular formula is C14H20N4O2. The van der Waals surface area contributed by atoms with Crippen LogP contribution in [-0.4, -0.2) is 26.9 Å². The van der Waals surface area contributed by atoms with Crippen molar-refractivity contribution in [3.8, 4) is 0 Å². The number of carbonyl (C=O) groups is 1. The van der Waals surface area contributed by atoms with Crippen LogP contribution in [0.4, 0.5) is 0 Å². The van der Waals surface area contributed by atoms with Crippen molar-refractivity contribution in [3.63, 3.8) is 0 Å². The summed E-state index contributed by atoms with van der Waals surface area (Å²) >= 11 is 0. The van der Waals surface area contributed by atoms with Gasteiger partial charge in [0.05, 0.1) is 30.5 Å². The normalized spacial score (nSPS) is 12.7. The Bertz CT molecular complexity index is 572. The summed E-state index contributed by atoms with van der Waals surface area (Å²) in [5.74, 6) is 1.53. The van der Waals surface area contributed by atoms with Crippen molar-refractivity contribution >= 4 is 5.91 Å². The Morgan fingerprint density at radius 1 is 1.35 bits per heavy atom. The number of nitrogens with zero attached hydrogens (tertiary/aromatic N) is 3. The molecule has 0 spiro atoms. The first-order valence-electron chi connectivity index (χ1n) is 6.69. The summed E-state index contributed by atoms with van der Waals surface area (Å²) in [6.07, 6.45) is 3.26. The molecule has 2 rings (SSSR count). The van der Waals surface area contributed by atoms with E-state index in [-0.39, 0.29) is 17.9 Å². The van der Waals surface area contributed by atoms with Crippen molar-refractivity contribution in [2.45, 2.75) is 40.3 Å². The zero-order valence-corrected chi connectivity index (χ0v) is 12.3. The zero-order chi connectivity index (χ0) is 14.7. The van der Waals surface area contributed by atoms with Gasteiger partial charge in [0.2, 0.25) is 0 Å². The molecule has 0 aliphatic carbocycles. The molecule has 1 amide bonds. The van der Waals surface area contributed by atoms with Gasteiger partial charge in [0.25, 0.3) is 5.91 Å². The van der Waals surface area contributed by atoms with E-state index in [4.69, 9.17) is 4.42 Å². The fourth-order valence-corrected chi connectivity index (χ4v) is 2.04. The highest BCUT2D eigenvalue weighted by molar-refractivity contribution is 5.95. The second-order valence-corrected chi connectivity index (χ2v) is 5.23. The lowest BCUT2D eigenvalue weighted by Crippen LogP contribution is -2.42. The number of nitrogens with one attached hydrogen (secondary N) is 1. The van der Waals surface area contributed by atoms with Gasteiger partial charge in [0.15, 0.2) is 0 Å². The molecule has 0 aliphatic heterocycles. The molecule has 6 heteroatoms. The fourth-order valence-electron chi connectivity index (χ4n) is 2.04. The van der Waals surface area contributed by atoms with Crippen LogP contribution in [0.15, 0.2) is 22.9 Å². The molecule has 0 bridgehead atoms. The highest BCUT2D eigenvalue weighted by Gasteiger charge is 2.21. The second-order valence-electron chi connectivity index (χ2n) is 5.23. The predicted molar refractivity (Wildman–Crippen MR) is 74.3 cm³/mol. The largest absolute Gasteiger partial charge is 0.466 e. The van der Waals surface area contributed by atoms with E-state index in [1.807, 2.05) is 6.92 Å². The first kappa shape index (κ1) is 14.3. The van der Waals surface area contributed by atoms with E-state index in [9.17, 15) is 4.79 Å². The molecule has 0 aromatic carbocycles. The van der Waals surface area contributed by atoms with E-state index in [0.29, 0.717) is 17.9 Å². The number of amides is 1. The summed E-state index contributed by atoms with van der Waals surface area (Å²) in [4.78, 5) is 13.9. The standard InChI is InChI=1S/C14H20N4O2/c1-9(2)13(8-18-15-5-6-16-18)17-14(19)12-7-10(3)20-11(12)4/h5-7,9,13H,8H2,1-4H3,(H,17,19)/t13-/m1/s1. The van der Waals surface area contributed by atoms with Gasteiger partial charge in [-0.2, -0.15) is 15.0 Å². The number of carbonyl (C=O) groups excluding carboxylic acids is 1. The second kappa shape index (κ2) is 5.90. The van der Waals surface area contributed by atoms with Crippen molar-refractivity contribution in [1.29, 1.82) is 0 Å². The minimum atomic E-state index is -0.120. The number of aromatic nitrogens is 3. The Hall–Kier alpha value is -2.11. The maximum atomic E-state index is 12.3. The molecule has 6 nitrogen and oxygen atoms in total. The molecule has 2 aromatic heterocycles. The van der Waals surface area contributed by atoms with Crippen LogP contribution in [0.2, 0.25) is 0 Å². The smallest absolute Gasteiger partial charge is 0.255 e. The average molecular weight is 276 g/mol. The van der Waals surface area contributed by atoms with Gasteiger partial charge in [-0.25, -0.2) is 0 Å². The average Bonchev–Trinajstić information content (AvgIpc) is 2.97. The lowest BCUT2D eigenvalue weighted by Gasteiger charge is -2.21. The van der Waals surface area contributed by atoms with Gasteiger partial charge >= 0.3 is 0 Å². The van der Waals surface area contributed by atoms with Crippen molar-refractivity contribution in [3.05, 3.63) is 35.5 Å². The number of hydrogen-bond acceptors (Lipinski definition) is 4. The maximum Gasteiger partial charge on any atom is 0.255 e. The van der Waals surface area contributed by atoms with Crippen molar-refractivity contribution in [2.24, 2.45) is 5.92 Å². The van der Waals surface area contributed by atoms with Crippen molar-refractivity contribution in [2.75, 3.05) is 0 Å². The molecular weight excluding hydrogens is 256 g/mol. The summed E-state index contributed by atoms with van der Waals surface area (Å²) in [6.45, 7) is 8.29. The topological polar surface area (TPSA) is 73.0 Å². The summed E-state index contributed by atoms with van der Waals surface area (Å²) in [5, 5.41) is 11.2. The zero-order valence-electron chi connectivity index (χ0n) is 12.3. The molecule has 0 fully saturated rings. The Morgan fingerprint density at radius 3 is 2.50 bits per heavy atom. The van der Waals surface area contributed by atoms with Crippen LogP contribution in [-0.2, 0) is 6.54 Å². The van der Waals surface area contributed by atoms with E-state index < -0.39 is 0 Å². The molecule has 0 unspecified atom stereocenters. The molecule has 0 aliphatic rings. The van der Waals surface area contributed by atoms with E-state index in [1.54, 1.807) is 30.2 Å². The highest BCUT2D eigenvalue weighted by atomic mass is 16.3. The van der Waals surface area contributed by atoms with Crippen LogP contribution < -0.4 is 5.32 Å². The van der Waals surface area contributed by atoms with E-state index in [2.05, 4.69) is 29.4 Å². The van der Waals surface area contributed by atoms with Gasteiger partial charge in [-0.15, -0.1) is 0 Å². The molecule has 1 atom stereocenters. The van der Waals surface area contributed by atoms with Crippen LogP contribution in [0.3, 0.4) is 0 Å². The third kappa shape index (κ3) is 3.26. The number of aryl methyl sites for hydroxylation is 2. The third-order valence-electron chi connectivity index (χ3n) is 3.23. The number of furan rings is 1. The molecule has 20 heavy (non-hydrogen) atoms. The SMILES string of the molecule is Cc1cc(C(=O)N[C@H](Cn2nccn2)C(C)C)c(C)o1. The van der Waals surface area contributed by atoms with Crippen LogP contribution >= 0.6 is 0 Å². The summed E-state index contributed by atoms with van der Waals surface area (Å²) in [7, 11) is 0. The Balaban J connectivity index is 2.08. The predicted octanol–water partition coefficient (Wildman–Crippen LogP) is 1.94. The summed E-state index contributed by atoms with van der Waals surface area (Å²) in [5.41, 5.74) is 0.585. The van der Waals surface area contributed by atoms with Crippen LogP contribution in [0.1, 0.15) is 35.7 Å². The molecule has 2 heterocycles. The minimum Gasteiger partial charge on any atom is -0.466 e. The molecule has 108 valence electrons. The molecule has 0 radical (unpaired) electrons. The quantitative estimate of drug-likeness (QED) is 0.905. The maximum absolute atomic E-state index is 12.3. The van der Waals surface area contributed by atoms with Gasteiger partial charge in [-0.3, -0.25) is 4.79 Å². The molecule has 0 saturated heterocycles. The lowest BCUT2D eigenvalue weighted by atomic mass is 10.0. The van der Waals surface area contributed by atoms with Gasteiger partial charge in [-0.05, 0) is 25.8 Å². The Labute approximate surface area is 118 Å². The number of hydrogen-bond donors (Lipinski definition) is 1.